The van der Waals surface area contributed by atoms with Gasteiger partial charge in [-0.3, -0.25) is 0 Å². The van der Waals surface area contributed by atoms with E-state index in [2.05, 4.69) is 4.98 Å². The summed E-state index contributed by atoms with van der Waals surface area (Å²) in [5.41, 5.74) is 4.93. The second-order valence-corrected chi connectivity index (χ2v) is 2.09. The van der Waals surface area contributed by atoms with E-state index >= 15 is 0 Å². The van der Waals surface area contributed by atoms with E-state index in [9.17, 15) is 8.78 Å². The first kappa shape index (κ1) is 8.07. The lowest BCUT2D eigenvalue weighted by atomic mass is 10.2. The van der Waals surface area contributed by atoms with Gasteiger partial charge in [-0.25, -0.2) is 9.37 Å². The van der Waals surface area contributed by atoms with E-state index < -0.39 is 12.1 Å². The SMILES string of the molecule is NCC(F)c1cccnc1F. The smallest absolute Gasteiger partial charge is 0.219 e. The highest BCUT2D eigenvalue weighted by Gasteiger charge is 2.12. The molecule has 1 heterocycles. The minimum atomic E-state index is -1.45. The number of pyridine rings is 1. The number of nitrogens with two attached hydrogens (primary N) is 1. The van der Waals surface area contributed by atoms with Gasteiger partial charge in [0.1, 0.15) is 6.17 Å². The Morgan fingerprint density at radius 1 is 1.64 bits per heavy atom. The van der Waals surface area contributed by atoms with E-state index in [1.807, 2.05) is 0 Å². The van der Waals surface area contributed by atoms with Crippen molar-refractivity contribution in [2.75, 3.05) is 6.54 Å². The molecule has 0 saturated heterocycles. The monoisotopic (exact) mass is 158 g/mol. The zero-order valence-electron chi connectivity index (χ0n) is 5.80. The first-order chi connectivity index (χ1) is 5.25. The zero-order valence-corrected chi connectivity index (χ0v) is 5.80. The molecule has 60 valence electrons. The van der Waals surface area contributed by atoms with Gasteiger partial charge in [-0.2, -0.15) is 4.39 Å². The summed E-state index contributed by atoms with van der Waals surface area (Å²) < 4.78 is 25.3. The molecule has 0 aromatic carbocycles. The number of hydrogen-bond donors (Lipinski definition) is 1. The lowest BCUT2D eigenvalue weighted by Gasteiger charge is -2.04. The van der Waals surface area contributed by atoms with Gasteiger partial charge in [0, 0.05) is 18.3 Å². The summed E-state index contributed by atoms with van der Waals surface area (Å²) >= 11 is 0. The third-order valence-electron chi connectivity index (χ3n) is 1.33. The van der Waals surface area contributed by atoms with Crippen LogP contribution in [0.5, 0.6) is 0 Å². The summed E-state index contributed by atoms with van der Waals surface area (Å²) in [5.74, 6) is -0.787. The zero-order chi connectivity index (χ0) is 8.27. The van der Waals surface area contributed by atoms with Crippen molar-refractivity contribution in [3.63, 3.8) is 0 Å². The summed E-state index contributed by atoms with van der Waals surface area (Å²) in [6.45, 7) is -0.220. The van der Waals surface area contributed by atoms with Gasteiger partial charge in [0.05, 0.1) is 0 Å². The molecule has 0 fully saturated rings. The highest BCUT2D eigenvalue weighted by Crippen LogP contribution is 2.16. The summed E-state index contributed by atoms with van der Waals surface area (Å²) in [7, 11) is 0. The molecule has 0 aliphatic rings. The van der Waals surface area contributed by atoms with Gasteiger partial charge in [0.2, 0.25) is 5.95 Å². The Hall–Kier alpha value is -1.03. The fraction of sp³-hybridized carbons (Fsp3) is 0.286. The maximum absolute atomic E-state index is 12.7. The molecular weight excluding hydrogens is 150 g/mol. The Morgan fingerprint density at radius 2 is 2.36 bits per heavy atom. The molecule has 1 aromatic heterocycles. The van der Waals surface area contributed by atoms with E-state index in [0.29, 0.717) is 0 Å². The van der Waals surface area contributed by atoms with Gasteiger partial charge < -0.3 is 5.73 Å². The third-order valence-corrected chi connectivity index (χ3v) is 1.33. The number of rotatable bonds is 2. The molecule has 4 heteroatoms. The Balaban J connectivity index is 2.93. The largest absolute Gasteiger partial charge is 0.327 e. The lowest BCUT2D eigenvalue weighted by Crippen LogP contribution is -2.09. The van der Waals surface area contributed by atoms with Crippen LogP contribution in [0.3, 0.4) is 0 Å². The van der Waals surface area contributed by atoms with E-state index in [1.165, 1.54) is 18.3 Å². The van der Waals surface area contributed by atoms with Gasteiger partial charge in [0.15, 0.2) is 0 Å². The molecule has 1 unspecified atom stereocenters. The second-order valence-electron chi connectivity index (χ2n) is 2.09. The van der Waals surface area contributed by atoms with Crippen molar-refractivity contribution in [3.8, 4) is 0 Å². The quantitative estimate of drug-likeness (QED) is 0.656. The number of aromatic nitrogens is 1. The minimum Gasteiger partial charge on any atom is -0.327 e. The van der Waals surface area contributed by atoms with Crippen LogP contribution in [0.25, 0.3) is 0 Å². The molecule has 11 heavy (non-hydrogen) atoms. The number of nitrogens with zero attached hydrogens (tertiary/aromatic N) is 1. The van der Waals surface area contributed by atoms with Crippen molar-refractivity contribution in [2.24, 2.45) is 5.73 Å². The van der Waals surface area contributed by atoms with Crippen LogP contribution in [0.1, 0.15) is 11.7 Å². The molecule has 0 spiro atoms. The molecule has 1 aromatic rings. The van der Waals surface area contributed by atoms with Crippen LogP contribution in [0.15, 0.2) is 18.3 Å². The maximum Gasteiger partial charge on any atom is 0.219 e. The number of hydrogen-bond acceptors (Lipinski definition) is 2. The summed E-state index contributed by atoms with van der Waals surface area (Å²) in [6.07, 6.45) is -0.189. The Kier molecular flexibility index (Phi) is 2.48. The van der Waals surface area contributed by atoms with Gasteiger partial charge in [-0.05, 0) is 12.1 Å². The molecule has 1 rings (SSSR count). The maximum atomic E-state index is 12.7. The van der Waals surface area contributed by atoms with Crippen molar-refractivity contribution in [1.82, 2.24) is 4.98 Å². The molecule has 0 amide bonds. The first-order valence-corrected chi connectivity index (χ1v) is 3.20. The molecule has 0 bridgehead atoms. The van der Waals surface area contributed by atoms with Crippen LogP contribution in [0.4, 0.5) is 8.78 Å². The number of halogens is 2. The minimum absolute atomic E-state index is 0.0741. The fourth-order valence-corrected chi connectivity index (χ4v) is 0.759. The lowest BCUT2D eigenvalue weighted by molar-refractivity contribution is 0.337. The first-order valence-electron chi connectivity index (χ1n) is 3.20. The molecule has 0 saturated carbocycles. The molecule has 2 nitrogen and oxygen atoms in total. The van der Waals surface area contributed by atoms with E-state index in [1.54, 1.807) is 0 Å². The van der Waals surface area contributed by atoms with Gasteiger partial charge >= 0.3 is 0 Å². The summed E-state index contributed by atoms with van der Waals surface area (Å²) in [6, 6.07) is 2.81. The molecule has 1 atom stereocenters. The van der Waals surface area contributed by atoms with E-state index in [-0.39, 0.29) is 12.1 Å². The van der Waals surface area contributed by atoms with Crippen molar-refractivity contribution in [2.45, 2.75) is 6.17 Å². The predicted molar refractivity (Wildman–Crippen MR) is 37.1 cm³/mol. The van der Waals surface area contributed by atoms with E-state index in [0.717, 1.165) is 0 Å². The van der Waals surface area contributed by atoms with E-state index in [4.69, 9.17) is 5.73 Å². The number of alkyl halides is 1. The van der Waals surface area contributed by atoms with Crippen molar-refractivity contribution in [1.29, 1.82) is 0 Å². The summed E-state index contributed by atoms with van der Waals surface area (Å²) in [5, 5.41) is 0. The highest BCUT2D eigenvalue weighted by atomic mass is 19.1. The average Bonchev–Trinajstić information content (AvgIpc) is 2.04. The standard InChI is InChI=1S/C7H8F2N2/c8-6(4-10)5-2-1-3-11-7(5)9/h1-3,6H,4,10H2. The van der Waals surface area contributed by atoms with Crippen LogP contribution < -0.4 is 5.73 Å². The van der Waals surface area contributed by atoms with Crippen LogP contribution in [-0.4, -0.2) is 11.5 Å². The highest BCUT2D eigenvalue weighted by molar-refractivity contribution is 5.14. The van der Waals surface area contributed by atoms with Crippen molar-refractivity contribution < 1.29 is 8.78 Å². The van der Waals surface area contributed by atoms with Gasteiger partial charge in [-0.1, -0.05) is 0 Å². The molecular formula is C7H8F2N2. The summed E-state index contributed by atoms with van der Waals surface area (Å²) in [4.78, 5) is 3.29. The van der Waals surface area contributed by atoms with Crippen LogP contribution in [-0.2, 0) is 0 Å². The normalized spacial score (nSPS) is 13.0. The predicted octanol–water partition coefficient (Wildman–Crippen LogP) is 1.19. The van der Waals surface area contributed by atoms with Crippen molar-refractivity contribution in [3.05, 3.63) is 29.8 Å². The second kappa shape index (κ2) is 3.39. The van der Waals surface area contributed by atoms with Crippen LogP contribution in [0, 0.1) is 5.95 Å². The van der Waals surface area contributed by atoms with Crippen molar-refractivity contribution >= 4 is 0 Å². The molecule has 0 aliphatic heterocycles. The third kappa shape index (κ3) is 1.71. The van der Waals surface area contributed by atoms with Gasteiger partial charge in [-0.15, -0.1) is 0 Å². The van der Waals surface area contributed by atoms with Crippen LogP contribution in [0.2, 0.25) is 0 Å². The molecule has 0 radical (unpaired) electrons. The average molecular weight is 158 g/mol. The molecule has 2 N–H and O–H groups in total. The Bertz CT molecular complexity index is 240. The topological polar surface area (TPSA) is 38.9 Å². The Morgan fingerprint density at radius 3 is 2.91 bits per heavy atom. The molecule has 0 aliphatic carbocycles. The fourth-order valence-electron chi connectivity index (χ4n) is 0.759. The van der Waals surface area contributed by atoms with Gasteiger partial charge in [0.25, 0.3) is 0 Å². The van der Waals surface area contributed by atoms with Crippen LogP contribution >= 0.6 is 0 Å². The Labute approximate surface area is 63.1 Å².